The summed E-state index contributed by atoms with van der Waals surface area (Å²) in [6.07, 6.45) is 3.72. The molecule has 0 radical (unpaired) electrons. The molecule has 3 atom stereocenters. The molecular formula is C16H21ClN2O. The van der Waals surface area contributed by atoms with Crippen molar-refractivity contribution in [2.75, 3.05) is 7.11 Å². The van der Waals surface area contributed by atoms with Crippen LogP contribution < -0.4 is 4.74 Å². The first-order valence-corrected chi connectivity index (χ1v) is 7.73. The zero-order valence-electron chi connectivity index (χ0n) is 12.3. The fraction of sp³-hybridized carbons (Fsp3) is 0.562. The lowest BCUT2D eigenvalue weighted by Gasteiger charge is -2.18. The summed E-state index contributed by atoms with van der Waals surface area (Å²) in [5, 5.41) is -0.0794. The molecule has 0 amide bonds. The molecule has 1 aliphatic carbocycles. The molecule has 1 aliphatic rings. The number of halogens is 1. The van der Waals surface area contributed by atoms with Crippen molar-refractivity contribution in [1.82, 2.24) is 9.55 Å². The first-order valence-electron chi connectivity index (χ1n) is 7.30. The molecule has 108 valence electrons. The second-order valence-electron chi connectivity index (χ2n) is 5.88. The Hall–Kier alpha value is -1.22. The van der Waals surface area contributed by atoms with Crippen molar-refractivity contribution < 1.29 is 4.74 Å². The molecule has 1 heterocycles. The number of benzene rings is 1. The van der Waals surface area contributed by atoms with Gasteiger partial charge in [-0.1, -0.05) is 6.92 Å². The van der Waals surface area contributed by atoms with Crippen LogP contribution in [0.4, 0.5) is 0 Å². The number of imidazole rings is 1. The van der Waals surface area contributed by atoms with Crippen LogP contribution in [-0.2, 0) is 0 Å². The molecule has 0 aliphatic heterocycles. The van der Waals surface area contributed by atoms with Crippen LogP contribution in [0, 0.1) is 5.92 Å². The molecule has 4 heteroatoms. The van der Waals surface area contributed by atoms with Gasteiger partial charge in [0.1, 0.15) is 11.6 Å². The van der Waals surface area contributed by atoms with E-state index in [0.29, 0.717) is 6.04 Å². The van der Waals surface area contributed by atoms with Gasteiger partial charge in [-0.15, -0.1) is 11.6 Å². The minimum atomic E-state index is -0.0794. The minimum Gasteiger partial charge on any atom is -0.497 e. The summed E-state index contributed by atoms with van der Waals surface area (Å²) in [6, 6.07) is 6.63. The number of aromatic nitrogens is 2. The maximum absolute atomic E-state index is 6.35. The molecule has 1 aromatic heterocycles. The monoisotopic (exact) mass is 292 g/mol. The molecule has 1 aromatic carbocycles. The molecule has 1 saturated carbocycles. The number of ether oxygens (including phenoxy) is 1. The molecule has 0 spiro atoms. The summed E-state index contributed by atoms with van der Waals surface area (Å²) in [5.41, 5.74) is 2.15. The topological polar surface area (TPSA) is 27.1 Å². The van der Waals surface area contributed by atoms with Gasteiger partial charge < -0.3 is 9.30 Å². The van der Waals surface area contributed by atoms with Crippen LogP contribution in [0.25, 0.3) is 11.0 Å². The van der Waals surface area contributed by atoms with Crippen molar-refractivity contribution in [2.24, 2.45) is 5.92 Å². The molecule has 3 nitrogen and oxygen atoms in total. The lowest BCUT2D eigenvalue weighted by molar-refractivity contribution is 0.415. The van der Waals surface area contributed by atoms with Crippen LogP contribution in [0.1, 0.15) is 50.4 Å². The van der Waals surface area contributed by atoms with Crippen LogP contribution in [0.5, 0.6) is 5.75 Å². The van der Waals surface area contributed by atoms with Crippen LogP contribution >= 0.6 is 11.6 Å². The van der Waals surface area contributed by atoms with Crippen LogP contribution in [0.3, 0.4) is 0 Å². The van der Waals surface area contributed by atoms with E-state index in [9.17, 15) is 0 Å². The molecule has 0 N–H and O–H groups in total. The van der Waals surface area contributed by atoms with E-state index in [-0.39, 0.29) is 5.38 Å². The lowest BCUT2D eigenvalue weighted by atomic mass is 10.1. The van der Waals surface area contributed by atoms with E-state index in [0.717, 1.165) is 23.0 Å². The normalized spacial score (nSPS) is 24.2. The van der Waals surface area contributed by atoms with Gasteiger partial charge in [0.25, 0.3) is 0 Å². The van der Waals surface area contributed by atoms with Gasteiger partial charge >= 0.3 is 0 Å². The molecule has 2 aromatic rings. The second-order valence-corrected chi connectivity index (χ2v) is 6.54. The largest absolute Gasteiger partial charge is 0.497 e. The Morgan fingerprint density at radius 2 is 2.20 bits per heavy atom. The van der Waals surface area contributed by atoms with Crippen LogP contribution in [0.15, 0.2) is 18.2 Å². The highest BCUT2D eigenvalue weighted by Crippen LogP contribution is 2.39. The number of hydrogen-bond acceptors (Lipinski definition) is 2. The van der Waals surface area contributed by atoms with Crippen molar-refractivity contribution in [1.29, 1.82) is 0 Å². The summed E-state index contributed by atoms with van der Waals surface area (Å²) in [4.78, 5) is 4.74. The maximum atomic E-state index is 6.35. The van der Waals surface area contributed by atoms with E-state index in [2.05, 4.69) is 17.6 Å². The van der Waals surface area contributed by atoms with Crippen molar-refractivity contribution >= 4 is 22.6 Å². The Balaban J connectivity index is 2.14. The van der Waals surface area contributed by atoms with E-state index in [1.807, 2.05) is 19.1 Å². The van der Waals surface area contributed by atoms with Crippen molar-refractivity contribution in [2.45, 2.75) is 44.5 Å². The molecule has 3 unspecified atom stereocenters. The molecule has 1 fully saturated rings. The number of fused-ring (bicyclic) bond motifs is 1. The highest BCUT2D eigenvalue weighted by molar-refractivity contribution is 6.20. The third kappa shape index (κ3) is 2.28. The van der Waals surface area contributed by atoms with Crippen molar-refractivity contribution in [3.63, 3.8) is 0 Å². The minimum absolute atomic E-state index is 0.0794. The number of hydrogen-bond donors (Lipinski definition) is 0. The average Bonchev–Trinajstić information content (AvgIpc) is 3.00. The number of methoxy groups -OCH3 is 1. The van der Waals surface area contributed by atoms with Gasteiger partial charge in [-0.2, -0.15) is 0 Å². The Morgan fingerprint density at radius 1 is 1.40 bits per heavy atom. The average molecular weight is 293 g/mol. The van der Waals surface area contributed by atoms with Crippen LogP contribution in [0.2, 0.25) is 0 Å². The van der Waals surface area contributed by atoms with Gasteiger partial charge in [-0.25, -0.2) is 4.98 Å². The number of alkyl halides is 1. The summed E-state index contributed by atoms with van der Waals surface area (Å²) in [5.74, 6) is 2.61. The third-order valence-corrected chi connectivity index (χ3v) is 4.51. The highest BCUT2D eigenvalue weighted by atomic mass is 35.5. The zero-order valence-corrected chi connectivity index (χ0v) is 13.0. The Bertz CT molecular complexity index is 620. The van der Waals surface area contributed by atoms with E-state index in [4.69, 9.17) is 21.3 Å². The molecule has 0 saturated heterocycles. The van der Waals surface area contributed by atoms with Gasteiger partial charge in [0, 0.05) is 12.1 Å². The fourth-order valence-corrected chi connectivity index (χ4v) is 3.45. The second kappa shape index (κ2) is 5.28. The first kappa shape index (κ1) is 13.7. The SMILES string of the molecule is COc1ccc2c(c1)nc(C(C)Cl)n2C1CCC(C)C1. The summed E-state index contributed by atoms with van der Waals surface area (Å²) in [7, 11) is 1.68. The molecule has 3 rings (SSSR count). The van der Waals surface area contributed by atoms with Crippen molar-refractivity contribution in [3.8, 4) is 5.75 Å². The first-order chi connectivity index (χ1) is 9.60. The number of rotatable bonds is 3. The summed E-state index contributed by atoms with van der Waals surface area (Å²) < 4.78 is 7.65. The van der Waals surface area contributed by atoms with E-state index in [1.54, 1.807) is 7.11 Å². The predicted octanol–water partition coefficient (Wildman–Crippen LogP) is 4.71. The lowest BCUT2D eigenvalue weighted by Crippen LogP contribution is -2.10. The predicted molar refractivity (Wildman–Crippen MR) is 82.6 cm³/mol. The Labute approximate surface area is 124 Å². The molecule has 0 bridgehead atoms. The van der Waals surface area contributed by atoms with Gasteiger partial charge in [-0.3, -0.25) is 0 Å². The van der Waals surface area contributed by atoms with Crippen LogP contribution in [-0.4, -0.2) is 16.7 Å². The molecule has 20 heavy (non-hydrogen) atoms. The van der Waals surface area contributed by atoms with Gasteiger partial charge in [0.05, 0.1) is 23.5 Å². The van der Waals surface area contributed by atoms with E-state index >= 15 is 0 Å². The van der Waals surface area contributed by atoms with E-state index in [1.165, 1.54) is 24.8 Å². The van der Waals surface area contributed by atoms with Gasteiger partial charge in [-0.05, 0) is 44.2 Å². The standard InChI is InChI=1S/C16H21ClN2O/c1-10-4-5-12(8-10)19-15-7-6-13(20-3)9-14(15)18-16(19)11(2)17/h6-7,9-12H,4-5,8H2,1-3H3. The Kier molecular flexibility index (Phi) is 3.63. The van der Waals surface area contributed by atoms with E-state index < -0.39 is 0 Å². The zero-order chi connectivity index (χ0) is 14.3. The summed E-state index contributed by atoms with van der Waals surface area (Å²) in [6.45, 7) is 4.32. The quantitative estimate of drug-likeness (QED) is 0.766. The summed E-state index contributed by atoms with van der Waals surface area (Å²) >= 11 is 6.35. The highest BCUT2D eigenvalue weighted by Gasteiger charge is 2.27. The van der Waals surface area contributed by atoms with Gasteiger partial charge in [0.2, 0.25) is 0 Å². The smallest absolute Gasteiger partial charge is 0.127 e. The Morgan fingerprint density at radius 3 is 2.80 bits per heavy atom. The maximum Gasteiger partial charge on any atom is 0.127 e. The number of nitrogens with zero attached hydrogens (tertiary/aromatic N) is 2. The third-order valence-electron chi connectivity index (χ3n) is 4.31. The fourth-order valence-electron chi connectivity index (χ4n) is 3.30. The van der Waals surface area contributed by atoms with Crippen molar-refractivity contribution in [3.05, 3.63) is 24.0 Å². The molecular weight excluding hydrogens is 272 g/mol. The van der Waals surface area contributed by atoms with Gasteiger partial charge in [0.15, 0.2) is 0 Å².